The molecule has 0 saturated heterocycles. The molecule has 0 amide bonds. The molecule has 2 aromatic heterocycles. The molecule has 11 heteroatoms. The van der Waals surface area contributed by atoms with Gasteiger partial charge in [-0.15, -0.1) is 0 Å². The third-order valence-electron chi connectivity index (χ3n) is 5.37. The van der Waals surface area contributed by atoms with Crippen molar-refractivity contribution in [1.29, 1.82) is 0 Å². The van der Waals surface area contributed by atoms with Crippen LogP contribution in [-0.4, -0.2) is 51.7 Å². The van der Waals surface area contributed by atoms with Crippen LogP contribution in [0.15, 0.2) is 47.3 Å². The molecular formula is C21H19N7O4. The molecule has 32 heavy (non-hydrogen) atoms. The number of methoxy groups -OCH3 is 3. The van der Waals surface area contributed by atoms with Crippen LogP contribution in [-0.2, 0) is 0 Å². The average molecular weight is 433 g/mol. The molecule has 0 saturated carbocycles. The number of nitrogens with zero attached hydrogens (tertiary/aromatic N) is 5. The highest BCUT2D eigenvalue weighted by Gasteiger charge is 2.36. The largest absolute Gasteiger partial charge is 0.497 e. The third kappa shape index (κ3) is 3.02. The third-order valence-corrected chi connectivity index (χ3v) is 5.37. The minimum Gasteiger partial charge on any atom is -0.497 e. The van der Waals surface area contributed by atoms with Gasteiger partial charge in [-0.3, -0.25) is 4.79 Å². The van der Waals surface area contributed by atoms with Crippen molar-refractivity contribution < 1.29 is 14.2 Å². The Balaban J connectivity index is 1.79. The van der Waals surface area contributed by atoms with Crippen LogP contribution in [0.25, 0.3) is 11.3 Å². The highest BCUT2D eigenvalue weighted by atomic mass is 16.5. The molecule has 4 aromatic rings. The number of fused-ring (bicyclic) bond motifs is 2. The lowest BCUT2D eigenvalue weighted by Gasteiger charge is -2.28. The Morgan fingerprint density at radius 3 is 2.44 bits per heavy atom. The van der Waals surface area contributed by atoms with Crippen molar-refractivity contribution >= 4 is 11.6 Å². The molecule has 1 atom stereocenters. The van der Waals surface area contributed by atoms with Crippen LogP contribution in [0.3, 0.4) is 0 Å². The van der Waals surface area contributed by atoms with E-state index in [0.717, 1.165) is 11.1 Å². The van der Waals surface area contributed by atoms with E-state index in [1.165, 1.54) is 0 Å². The lowest BCUT2D eigenvalue weighted by atomic mass is 9.92. The SMILES string of the molecule is COc1ccc(-c2n[nH]c(=O)c3c2[C@H](c2ccc(OC)cc2OC)n2nnnc2N3)cc1. The van der Waals surface area contributed by atoms with Gasteiger partial charge in [-0.25, -0.2) is 5.10 Å². The van der Waals surface area contributed by atoms with Crippen LogP contribution in [0, 0.1) is 0 Å². The number of H-pyrrole nitrogens is 1. The Labute approximate surface area is 181 Å². The van der Waals surface area contributed by atoms with Crippen molar-refractivity contribution in [3.05, 3.63) is 63.9 Å². The Morgan fingerprint density at radius 2 is 1.72 bits per heavy atom. The van der Waals surface area contributed by atoms with Crippen molar-refractivity contribution in [2.45, 2.75) is 6.04 Å². The number of anilines is 2. The first kappa shape index (κ1) is 19.5. The fraction of sp³-hybridized carbons (Fsp3) is 0.190. The van der Waals surface area contributed by atoms with E-state index in [4.69, 9.17) is 14.2 Å². The number of ether oxygens (including phenoxy) is 3. The Hall–Kier alpha value is -4.41. The first-order valence-corrected chi connectivity index (χ1v) is 9.68. The predicted molar refractivity (Wildman–Crippen MR) is 115 cm³/mol. The molecule has 0 fully saturated rings. The Kier molecular flexibility index (Phi) is 4.70. The van der Waals surface area contributed by atoms with Crippen LogP contribution in [0.5, 0.6) is 17.2 Å². The van der Waals surface area contributed by atoms with E-state index < -0.39 is 6.04 Å². The second kappa shape index (κ2) is 7.69. The molecule has 5 rings (SSSR count). The van der Waals surface area contributed by atoms with E-state index >= 15 is 0 Å². The van der Waals surface area contributed by atoms with E-state index in [-0.39, 0.29) is 5.56 Å². The van der Waals surface area contributed by atoms with Crippen LogP contribution >= 0.6 is 0 Å². The van der Waals surface area contributed by atoms with E-state index in [1.54, 1.807) is 32.1 Å². The summed E-state index contributed by atoms with van der Waals surface area (Å²) >= 11 is 0. The summed E-state index contributed by atoms with van der Waals surface area (Å²) in [7, 11) is 4.75. The molecule has 3 heterocycles. The summed E-state index contributed by atoms with van der Waals surface area (Å²) < 4.78 is 17.9. The smallest absolute Gasteiger partial charge is 0.288 e. The van der Waals surface area contributed by atoms with Gasteiger partial charge in [-0.1, -0.05) is 5.10 Å². The van der Waals surface area contributed by atoms with Gasteiger partial charge >= 0.3 is 0 Å². The molecule has 1 aliphatic heterocycles. The molecule has 0 spiro atoms. The van der Waals surface area contributed by atoms with Gasteiger partial charge in [-0.2, -0.15) is 9.78 Å². The summed E-state index contributed by atoms with van der Waals surface area (Å²) in [5.74, 6) is 2.24. The number of hydrogen-bond acceptors (Lipinski definition) is 9. The second-order valence-electron chi connectivity index (χ2n) is 7.00. The Bertz CT molecular complexity index is 1350. The fourth-order valence-corrected chi connectivity index (χ4v) is 3.84. The van der Waals surface area contributed by atoms with Gasteiger partial charge in [0, 0.05) is 22.8 Å². The van der Waals surface area contributed by atoms with Gasteiger partial charge in [0.25, 0.3) is 5.56 Å². The number of aromatic amines is 1. The average Bonchev–Trinajstić information content (AvgIpc) is 3.31. The molecule has 0 bridgehead atoms. The van der Waals surface area contributed by atoms with Crippen molar-refractivity contribution in [1.82, 2.24) is 30.4 Å². The standard InChI is InChI=1S/C21H19N7O4/c1-30-12-6-4-11(5-7-12)17-16-18(20(29)24-23-17)22-21-25-26-27-28(21)19(16)14-9-8-13(31-2)10-15(14)32-3/h4-10,19H,1-3H3,(H,24,29)(H,22,25,27)/t19-/m0/s1. The molecule has 0 aliphatic carbocycles. The summed E-state index contributed by atoms with van der Waals surface area (Å²) in [5, 5.41) is 22.0. The maximum Gasteiger partial charge on any atom is 0.288 e. The van der Waals surface area contributed by atoms with Crippen molar-refractivity contribution in [2.75, 3.05) is 26.6 Å². The molecule has 2 N–H and O–H groups in total. The highest BCUT2D eigenvalue weighted by molar-refractivity contribution is 5.76. The quantitative estimate of drug-likeness (QED) is 0.428. The normalized spacial score (nSPS) is 14.2. The summed E-state index contributed by atoms with van der Waals surface area (Å²) in [6.07, 6.45) is 0. The Morgan fingerprint density at radius 1 is 0.969 bits per heavy atom. The zero-order chi connectivity index (χ0) is 22.2. The van der Waals surface area contributed by atoms with E-state index in [9.17, 15) is 4.79 Å². The molecule has 0 radical (unpaired) electrons. The number of nitrogens with one attached hydrogen (secondary N) is 2. The number of aromatic nitrogens is 6. The monoisotopic (exact) mass is 433 g/mol. The summed E-state index contributed by atoms with van der Waals surface area (Å²) in [6, 6.07) is 12.3. The van der Waals surface area contributed by atoms with Crippen molar-refractivity contribution in [2.24, 2.45) is 0 Å². The lowest BCUT2D eigenvalue weighted by Crippen LogP contribution is -2.29. The van der Waals surface area contributed by atoms with Gasteiger partial charge in [0.05, 0.1) is 27.0 Å². The summed E-state index contributed by atoms with van der Waals surface area (Å²) in [4.78, 5) is 12.8. The van der Waals surface area contributed by atoms with E-state index in [1.807, 2.05) is 36.4 Å². The van der Waals surface area contributed by atoms with Crippen LogP contribution < -0.4 is 25.1 Å². The van der Waals surface area contributed by atoms with E-state index in [0.29, 0.717) is 40.1 Å². The topological polar surface area (TPSA) is 129 Å². The molecule has 2 aromatic carbocycles. The second-order valence-corrected chi connectivity index (χ2v) is 7.00. The van der Waals surface area contributed by atoms with Gasteiger partial charge in [0.2, 0.25) is 5.95 Å². The number of tetrazole rings is 1. The first-order chi connectivity index (χ1) is 15.6. The van der Waals surface area contributed by atoms with Crippen LogP contribution in [0.4, 0.5) is 11.6 Å². The number of hydrogen-bond donors (Lipinski definition) is 2. The van der Waals surface area contributed by atoms with Gasteiger partial charge in [0.1, 0.15) is 29.0 Å². The summed E-state index contributed by atoms with van der Waals surface area (Å²) in [6.45, 7) is 0. The van der Waals surface area contributed by atoms with Crippen LogP contribution in [0.1, 0.15) is 17.2 Å². The predicted octanol–water partition coefficient (Wildman–Crippen LogP) is 2.14. The number of benzene rings is 2. The van der Waals surface area contributed by atoms with Gasteiger partial charge in [0.15, 0.2) is 0 Å². The molecule has 0 unspecified atom stereocenters. The fourth-order valence-electron chi connectivity index (χ4n) is 3.84. The zero-order valence-corrected chi connectivity index (χ0v) is 17.5. The minimum absolute atomic E-state index is 0.316. The van der Waals surface area contributed by atoms with Crippen molar-refractivity contribution in [3.63, 3.8) is 0 Å². The molecule has 162 valence electrons. The van der Waals surface area contributed by atoms with Gasteiger partial charge in [-0.05, 0) is 46.8 Å². The van der Waals surface area contributed by atoms with Crippen LogP contribution in [0.2, 0.25) is 0 Å². The summed E-state index contributed by atoms with van der Waals surface area (Å²) in [5.41, 5.74) is 2.64. The number of rotatable bonds is 5. The maximum absolute atomic E-state index is 12.8. The first-order valence-electron chi connectivity index (χ1n) is 9.68. The highest BCUT2D eigenvalue weighted by Crippen LogP contribution is 2.44. The van der Waals surface area contributed by atoms with E-state index in [2.05, 4.69) is 31.0 Å². The molecule has 1 aliphatic rings. The maximum atomic E-state index is 12.8. The van der Waals surface area contributed by atoms with Gasteiger partial charge < -0.3 is 19.5 Å². The zero-order valence-electron chi connectivity index (χ0n) is 17.5. The van der Waals surface area contributed by atoms with Crippen molar-refractivity contribution in [3.8, 4) is 28.5 Å². The lowest BCUT2D eigenvalue weighted by molar-refractivity contribution is 0.386. The molecule has 11 nitrogen and oxygen atoms in total. The molecular weight excluding hydrogens is 414 g/mol. The minimum atomic E-state index is -0.580.